The van der Waals surface area contributed by atoms with Crippen molar-refractivity contribution in [2.24, 2.45) is 0 Å². The molecule has 0 atom stereocenters. The van der Waals surface area contributed by atoms with Crippen LogP contribution in [0.2, 0.25) is 0 Å². The van der Waals surface area contributed by atoms with Gasteiger partial charge >= 0.3 is 6.01 Å². The van der Waals surface area contributed by atoms with Gasteiger partial charge in [0.1, 0.15) is 0 Å². The van der Waals surface area contributed by atoms with Crippen LogP contribution in [0, 0.1) is 0 Å². The highest BCUT2D eigenvalue weighted by Crippen LogP contribution is 2.32. The first kappa shape index (κ1) is 13.6. The third-order valence-corrected chi connectivity index (χ3v) is 3.45. The fourth-order valence-corrected chi connectivity index (χ4v) is 2.42. The molecule has 1 aliphatic rings. The number of benzene rings is 1. The van der Waals surface area contributed by atoms with Crippen molar-refractivity contribution in [1.82, 2.24) is 15.0 Å². The average Bonchev–Trinajstić information content (AvgIpc) is 2.96. The van der Waals surface area contributed by atoms with Crippen LogP contribution in [0.1, 0.15) is 18.9 Å². The first-order valence-electron chi connectivity index (χ1n) is 7.21. The molecule has 0 spiro atoms. The summed E-state index contributed by atoms with van der Waals surface area (Å²) >= 11 is 0. The third kappa shape index (κ3) is 2.74. The Balaban J connectivity index is 1.95. The maximum Gasteiger partial charge on any atom is 0.322 e. The van der Waals surface area contributed by atoms with Gasteiger partial charge in [0, 0.05) is 18.8 Å². The molecule has 0 unspecified atom stereocenters. The molecular formula is C15H19N5O. The minimum atomic E-state index is 0.336. The number of methoxy groups -OCH3 is 1. The first-order chi connectivity index (χ1) is 10.3. The summed E-state index contributed by atoms with van der Waals surface area (Å²) in [6.07, 6.45) is 2.01. The quantitative estimate of drug-likeness (QED) is 0.910. The maximum absolute atomic E-state index is 5.19. The van der Waals surface area contributed by atoms with Crippen molar-refractivity contribution in [3.05, 3.63) is 29.8 Å². The van der Waals surface area contributed by atoms with Gasteiger partial charge in [-0.05, 0) is 24.5 Å². The van der Waals surface area contributed by atoms with E-state index in [4.69, 9.17) is 4.74 Å². The van der Waals surface area contributed by atoms with Crippen LogP contribution in [0.15, 0.2) is 24.3 Å². The zero-order chi connectivity index (χ0) is 14.7. The van der Waals surface area contributed by atoms with Gasteiger partial charge in [-0.2, -0.15) is 15.0 Å². The van der Waals surface area contributed by atoms with E-state index < -0.39 is 0 Å². The van der Waals surface area contributed by atoms with E-state index in [-0.39, 0.29) is 0 Å². The van der Waals surface area contributed by atoms with Crippen molar-refractivity contribution >= 4 is 17.6 Å². The predicted molar refractivity (Wildman–Crippen MR) is 82.3 cm³/mol. The SMILES string of the molecule is CCCNc1nc(OC)nc(N2CCc3ccccc32)n1. The van der Waals surface area contributed by atoms with Gasteiger partial charge in [0.2, 0.25) is 11.9 Å². The number of nitrogens with one attached hydrogen (secondary N) is 1. The second kappa shape index (κ2) is 5.95. The molecule has 6 heteroatoms. The van der Waals surface area contributed by atoms with Gasteiger partial charge in [0.25, 0.3) is 0 Å². The van der Waals surface area contributed by atoms with Crippen molar-refractivity contribution in [3.8, 4) is 6.01 Å². The summed E-state index contributed by atoms with van der Waals surface area (Å²) in [5.74, 6) is 1.19. The number of para-hydroxylation sites is 1. The summed E-state index contributed by atoms with van der Waals surface area (Å²) in [7, 11) is 1.57. The van der Waals surface area contributed by atoms with E-state index in [0.29, 0.717) is 17.9 Å². The molecule has 110 valence electrons. The second-order valence-electron chi connectivity index (χ2n) is 4.90. The summed E-state index contributed by atoms with van der Waals surface area (Å²) in [5, 5.41) is 3.19. The Bertz CT molecular complexity index is 631. The Hall–Kier alpha value is -2.37. The lowest BCUT2D eigenvalue weighted by molar-refractivity contribution is 0.379. The Morgan fingerprint density at radius 1 is 1.24 bits per heavy atom. The molecule has 0 saturated carbocycles. The monoisotopic (exact) mass is 285 g/mol. The average molecular weight is 285 g/mol. The minimum absolute atomic E-state index is 0.336. The zero-order valence-corrected chi connectivity index (χ0v) is 12.3. The van der Waals surface area contributed by atoms with Crippen molar-refractivity contribution in [3.63, 3.8) is 0 Å². The lowest BCUT2D eigenvalue weighted by Crippen LogP contribution is -2.18. The molecule has 21 heavy (non-hydrogen) atoms. The number of hydrogen-bond acceptors (Lipinski definition) is 6. The van der Waals surface area contributed by atoms with Crippen LogP contribution in [0.5, 0.6) is 6.01 Å². The molecule has 0 radical (unpaired) electrons. The van der Waals surface area contributed by atoms with E-state index in [9.17, 15) is 0 Å². The molecule has 0 bridgehead atoms. The van der Waals surface area contributed by atoms with Crippen molar-refractivity contribution in [2.75, 3.05) is 30.4 Å². The van der Waals surface area contributed by atoms with Crippen LogP contribution < -0.4 is 15.0 Å². The zero-order valence-electron chi connectivity index (χ0n) is 12.3. The molecule has 0 saturated heterocycles. The lowest BCUT2D eigenvalue weighted by Gasteiger charge is -2.18. The topological polar surface area (TPSA) is 63.2 Å². The van der Waals surface area contributed by atoms with Crippen LogP contribution in [-0.4, -0.2) is 35.2 Å². The Morgan fingerprint density at radius 2 is 2.10 bits per heavy atom. The molecular weight excluding hydrogens is 266 g/mol. The molecule has 1 aromatic heterocycles. The number of ether oxygens (including phenoxy) is 1. The van der Waals surface area contributed by atoms with E-state index in [1.807, 2.05) is 6.07 Å². The molecule has 1 aliphatic heterocycles. The van der Waals surface area contributed by atoms with Crippen LogP contribution in [0.4, 0.5) is 17.6 Å². The summed E-state index contributed by atoms with van der Waals surface area (Å²) in [4.78, 5) is 15.2. The van der Waals surface area contributed by atoms with Gasteiger partial charge in [-0.3, -0.25) is 0 Å². The largest absolute Gasteiger partial charge is 0.467 e. The van der Waals surface area contributed by atoms with Crippen LogP contribution in [-0.2, 0) is 6.42 Å². The lowest BCUT2D eigenvalue weighted by atomic mass is 10.2. The van der Waals surface area contributed by atoms with Gasteiger partial charge < -0.3 is 15.0 Å². The predicted octanol–water partition coefficient (Wildman–Crippen LogP) is 2.40. The van der Waals surface area contributed by atoms with E-state index in [1.54, 1.807) is 7.11 Å². The first-order valence-corrected chi connectivity index (χ1v) is 7.21. The van der Waals surface area contributed by atoms with Crippen LogP contribution >= 0.6 is 0 Å². The third-order valence-electron chi connectivity index (χ3n) is 3.45. The number of hydrogen-bond donors (Lipinski definition) is 1. The standard InChI is InChI=1S/C15H19N5O/c1-3-9-16-13-17-14(19-15(18-13)21-2)20-10-8-11-6-4-5-7-12(11)20/h4-7H,3,8-10H2,1-2H3,(H,16,17,18,19). The van der Waals surface area contributed by atoms with E-state index in [1.165, 1.54) is 5.56 Å². The van der Waals surface area contributed by atoms with Crippen molar-refractivity contribution in [2.45, 2.75) is 19.8 Å². The van der Waals surface area contributed by atoms with Gasteiger partial charge in [-0.15, -0.1) is 0 Å². The number of anilines is 3. The number of nitrogens with zero attached hydrogens (tertiary/aromatic N) is 4. The van der Waals surface area contributed by atoms with Gasteiger partial charge in [-0.1, -0.05) is 25.1 Å². The second-order valence-corrected chi connectivity index (χ2v) is 4.90. The normalized spacial score (nSPS) is 13.1. The molecule has 0 aliphatic carbocycles. The highest BCUT2D eigenvalue weighted by molar-refractivity contribution is 5.66. The van der Waals surface area contributed by atoms with E-state index >= 15 is 0 Å². The molecule has 2 heterocycles. The molecule has 6 nitrogen and oxygen atoms in total. The van der Waals surface area contributed by atoms with E-state index in [0.717, 1.165) is 31.6 Å². The van der Waals surface area contributed by atoms with Crippen LogP contribution in [0.3, 0.4) is 0 Å². The van der Waals surface area contributed by atoms with Crippen molar-refractivity contribution in [1.29, 1.82) is 0 Å². The molecule has 0 amide bonds. The smallest absolute Gasteiger partial charge is 0.322 e. The number of fused-ring (bicyclic) bond motifs is 1. The Kier molecular flexibility index (Phi) is 3.85. The van der Waals surface area contributed by atoms with Gasteiger partial charge in [-0.25, -0.2) is 0 Å². The number of aromatic nitrogens is 3. The summed E-state index contributed by atoms with van der Waals surface area (Å²) in [6, 6.07) is 8.67. The molecule has 3 rings (SSSR count). The summed E-state index contributed by atoms with van der Waals surface area (Å²) in [5.41, 5.74) is 2.48. The van der Waals surface area contributed by atoms with E-state index in [2.05, 4.69) is 50.3 Å². The van der Waals surface area contributed by atoms with Gasteiger partial charge in [0.05, 0.1) is 7.11 Å². The summed E-state index contributed by atoms with van der Waals surface area (Å²) < 4.78 is 5.19. The molecule has 0 fully saturated rings. The fourth-order valence-electron chi connectivity index (χ4n) is 2.42. The molecule has 1 aromatic carbocycles. The highest BCUT2D eigenvalue weighted by Gasteiger charge is 2.23. The van der Waals surface area contributed by atoms with Crippen molar-refractivity contribution < 1.29 is 4.74 Å². The fraction of sp³-hybridized carbons (Fsp3) is 0.400. The van der Waals surface area contributed by atoms with Crippen LogP contribution in [0.25, 0.3) is 0 Å². The highest BCUT2D eigenvalue weighted by atomic mass is 16.5. The summed E-state index contributed by atoms with van der Waals surface area (Å²) in [6.45, 7) is 3.80. The Morgan fingerprint density at radius 3 is 2.90 bits per heavy atom. The van der Waals surface area contributed by atoms with Gasteiger partial charge in [0.15, 0.2) is 0 Å². The minimum Gasteiger partial charge on any atom is -0.467 e. The molecule has 2 aromatic rings. The Labute approximate surface area is 124 Å². The maximum atomic E-state index is 5.19. The number of rotatable bonds is 5. The molecule has 1 N–H and O–H groups in total.